The molecular formula is C13H13F2N5O. The molecule has 1 fully saturated rings. The molecule has 0 spiro atoms. The van der Waals surface area contributed by atoms with E-state index in [1.54, 1.807) is 4.90 Å². The maximum Gasteiger partial charge on any atom is 0.244 e. The van der Waals surface area contributed by atoms with Crippen molar-refractivity contribution < 1.29 is 13.6 Å². The number of benzene rings is 1. The SMILES string of the molecule is O=C(Cn1cnnn1)N(Cc1ccc(F)cc1F)C1CC1. The molecule has 0 N–H and O–H groups in total. The van der Waals surface area contributed by atoms with Crippen LogP contribution in [0.4, 0.5) is 8.78 Å². The highest BCUT2D eigenvalue weighted by Gasteiger charge is 2.33. The van der Waals surface area contributed by atoms with Gasteiger partial charge in [-0.2, -0.15) is 0 Å². The molecule has 21 heavy (non-hydrogen) atoms. The maximum atomic E-state index is 13.7. The van der Waals surface area contributed by atoms with Gasteiger partial charge in [-0.3, -0.25) is 4.79 Å². The Bertz CT molecular complexity index is 642. The Morgan fingerprint density at radius 3 is 2.81 bits per heavy atom. The maximum absolute atomic E-state index is 13.7. The van der Waals surface area contributed by atoms with Crippen molar-refractivity contribution in [1.29, 1.82) is 0 Å². The van der Waals surface area contributed by atoms with Gasteiger partial charge in [0.1, 0.15) is 24.5 Å². The first kappa shape index (κ1) is 13.6. The van der Waals surface area contributed by atoms with Gasteiger partial charge in [0.05, 0.1) is 0 Å². The molecule has 0 bridgehead atoms. The van der Waals surface area contributed by atoms with Crippen molar-refractivity contribution in [2.24, 2.45) is 0 Å². The number of tetrazole rings is 1. The third-order valence-electron chi connectivity index (χ3n) is 3.35. The number of aromatic nitrogens is 4. The first-order valence-corrected chi connectivity index (χ1v) is 6.57. The Kier molecular flexibility index (Phi) is 3.59. The molecule has 1 aromatic carbocycles. The summed E-state index contributed by atoms with van der Waals surface area (Å²) in [6, 6.07) is 3.49. The summed E-state index contributed by atoms with van der Waals surface area (Å²) >= 11 is 0. The van der Waals surface area contributed by atoms with Crippen molar-refractivity contribution in [3.8, 4) is 0 Å². The Labute approximate surface area is 119 Å². The molecule has 1 heterocycles. The van der Waals surface area contributed by atoms with Crippen molar-refractivity contribution in [2.45, 2.75) is 32.0 Å². The summed E-state index contributed by atoms with van der Waals surface area (Å²) in [7, 11) is 0. The lowest BCUT2D eigenvalue weighted by atomic mass is 10.2. The van der Waals surface area contributed by atoms with Gasteiger partial charge in [-0.25, -0.2) is 13.5 Å². The Morgan fingerprint density at radius 2 is 2.19 bits per heavy atom. The summed E-state index contributed by atoms with van der Waals surface area (Å²) < 4.78 is 28.0. The van der Waals surface area contributed by atoms with E-state index in [0.717, 1.165) is 18.9 Å². The van der Waals surface area contributed by atoms with Crippen LogP contribution >= 0.6 is 0 Å². The van der Waals surface area contributed by atoms with Gasteiger partial charge in [-0.15, -0.1) is 5.10 Å². The van der Waals surface area contributed by atoms with Crippen LogP contribution in [0.25, 0.3) is 0 Å². The zero-order valence-corrected chi connectivity index (χ0v) is 11.1. The summed E-state index contributed by atoms with van der Waals surface area (Å²) in [6.07, 6.45) is 3.13. The lowest BCUT2D eigenvalue weighted by molar-refractivity contribution is -0.133. The summed E-state index contributed by atoms with van der Waals surface area (Å²) in [4.78, 5) is 13.9. The van der Waals surface area contributed by atoms with E-state index in [2.05, 4.69) is 15.5 Å². The van der Waals surface area contributed by atoms with Gasteiger partial charge in [-0.05, 0) is 29.3 Å². The number of amides is 1. The molecule has 6 nitrogen and oxygen atoms in total. The summed E-state index contributed by atoms with van der Waals surface area (Å²) in [5.41, 5.74) is 0.299. The van der Waals surface area contributed by atoms with E-state index in [9.17, 15) is 13.6 Å². The topological polar surface area (TPSA) is 63.9 Å². The van der Waals surface area contributed by atoms with Gasteiger partial charge < -0.3 is 4.90 Å². The van der Waals surface area contributed by atoms with Crippen LogP contribution in [0.5, 0.6) is 0 Å². The Balaban J connectivity index is 1.74. The quantitative estimate of drug-likeness (QED) is 0.829. The molecule has 1 aliphatic rings. The van der Waals surface area contributed by atoms with E-state index in [1.807, 2.05) is 0 Å². The minimum absolute atomic E-state index is 0.00626. The Morgan fingerprint density at radius 1 is 1.38 bits per heavy atom. The molecule has 2 aromatic rings. The second kappa shape index (κ2) is 5.55. The molecule has 0 radical (unpaired) electrons. The Hall–Kier alpha value is -2.38. The van der Waals surface area contributed by atoms with Crippen LogP contribution in [0.2, 0.25) is 0 Å². The highest BCUT2D eigenvalue weighted by atomic mass is 19.1. The molecule has 0 aliphatic heterocycles. The number of carbonyl (C=O) groups is 1. The summed E-state index contributed by atoms with van der Waals surface area (Å²) in [6.45, 7) is 0.129. The molecule has 0 saturated heterocycles. The van der Waals surface area contributed by atoms with E-state index in [1.165, 1.54) is 23.1 Å². The average molecular weight is 293 g/mol. The monoisotopic (exact) mass is 293 g/mol. The fourth-order valence-corrected chi connectivity index (χ4v) is 2.12. The zero-order valence-electron chi connectivity index (χ0n) is 11.1. The zero-order chi connectivity index (χ0) is 14.8. The predicted molar refractivity (Wildman–Crippen MR) is 67.7 cm³/mol. The molecule has 1 saturated carbocycles. The second-order valence-electron chi connectivity index (χ2n) is 5.00. The van der Waals surface area contributed by atoms with Gasteiger partial charge in [0.15, 0.2) is 0 Å². The minimum atomic E-state index is -0.643. The predicted octanol–water partition coefficient (Wildman–Crippen LogP) is 1.14. The highest BCUT2D eigenvalue weighted by molar-refractivity contribution is 5.76. The first-order valence-electron chi connectivity index (χ1n) is 6.57. The third-order valence-corrected chi connectivity index (χ3v) is 3.35. The van der Waals surface area contributed by atoms with E-state index in [4.69, 9.17) is 0 Å². The standard InChI is InChI=1S/C13H13F2N5O/c14-10-2-1-9(12(15)5-10)6-20(11-3-4-11)13(21)7-19-8-16-17-18-19/h1-2,5,8,11H,3-4,6-7H2. The van der Waals surface area contributed by atoms with Crippen LogP contribution in [-0.2, 0) is 17.9 Å². The minimum Gasteiger partial charge on any atom is -0.334 e. The van der Waals surface area contributed by atoms with Gasteiger partial charge >= 0.3 is 0 Å². The molecule has 0 unspecified atom stereocenters. The van der Waals surface area contributed by atoms with E-state index < -0.39 is 11.6 Å². The lowest BCUT2D eigenvalue weighted by Gasteiger charge is -2.22. The highest BCUT2D eigenvalue weighted by Crippen LogP contribution is 2.29. The van der Waals surface area contributed by atoms with Crippen LogP contribution in [0.3, 0.4) is 0 Å². The van der Waals surface area contributed by atoms with Crippen LogP contribution in [0.1, 0.15) is 18.4 Å². The number of hydrogen-bond donors (Lipinski definition) is 0. The lowest BCUT2D eigenvalue weighted by Crippen LogP contribution is -2.35. The van der Waals surface area contributed by atoms with E-state index in [-0.39, 0.29) is 25.0 Å². The number of nitrogens with zero attached hydrogens (tertiary/aromatic N) is 5. The van der Waals surface area contributed by atoms with Gasteiger partial charge in [0, 0.05) is 24.2 Å². The number of carbonyl (C=O) groups excluding carboxylic acids is 1. The first-order chi connectivity index (χ1) is 10.1. The average Bonchev–Trinajstić information content (AvgIpc) is 3.15. The fourth-order valence-electron chi connectivity index (χ4n) is 2.12. The summed E-state index contributed by atoms with van der Waals surface area (Å²) in [5, 5.41) is 10.6. The van der Waals surface area contributed by atoms with Crippen molar-refractivity contribution >= 4 is 5.91 Å². The largest absolute Gasteiger partial charge is 0.334 e. The third kappa shape index (κ3) is 3.21. The molecule has 1 amide bonds. The van der Waals surface area contributed by atoms with Gasteiger partial charge in [0.2, 0.25) is 5.91 Å². The van der Waals surface area contributed by atoms with Crippen molar-refractivity contribution in [3.63, 3.8) is 0 Å². The van der Waals surface area contributed by atoms with Gasteiger partial charge in [0.25, 0.3) is 0 Å². The molecule has 110 valence electrons. The van der Waals surface area contributed by atoms with Crippen LogP contribution in [0.15, 0.2) is 24.5 Å². The van der Waals surface area contributed by atoms with E-state index in [0.29, 0.717) is 5.56 Å². The fraction of sp³-hybridized carbons (Fsp3) is 0.385. The summed E-state index contributed by atoms with van der Waals surface area (Å²) in [5.74, 6) is -1.46. The smallest absolute Gasteiger partial charge is 0.244 e. The second-order valence-corrected chi connectivity index (χ2v) is 5.00. The molecule has 0 atom stereocenters. The van der Waals surface area contributed by atoms with Crippen LogP contribution in [0, 0.1) is 11.6 Å². The van der Waals surface area contributed by atoms with Crippen LogP contribution in [-0.4, -0.2) is 37.1 Å². The molecule has 1 aromatic heterocycles. The number of halogens is 2. The molecule has 1 aliphatic carbocycles. The molecular weight excluding hydrogens is 280 g/mol. The number of rotatable bonds is 5. The van der Waals surface area contributed by atoms with Gasteiger partial charge in [-0.1, -0.05) is 6.07 Å². The van der Waals surface area contributed by atoms with Crippen molar-refractivity contribution in [1.82, 2.24) is 25.1 Å². The van der Waals surface area contributed by atoms with Crippen LogP contribution < -0.4 is 0 Å². The molecule has 3 rings (SSSR count). The normalized spacial score (nSPS) is 14.2. The van der Waals surface area contributed by atoms with E-state index >= 15 is 0 Å². The molecule has 8 heteroatoms. The number of hydrogen-bond acceptors (Lipinski definition) is 4. The van der Waals surface area contributed by atoms with Crippen molar-refractivity contribution in [2.75, 3.05) is 0 Å². The van der Waals surface area contributed by atoms with Crippen molar-refractivity contribution in [3.05, 3.63) is 41.7 Å².